The van der Waals surface area contributed by atoms with E-state index in [4.69, 9.17) is 12.2 Å². The van der Waals surface area contributed by atoms with E-state index in [1.54, 1.807) is 43.0 Å². The van der Waals surface area contributed by atoms with Gasteiger partial charge in [0.15, 0.2) is 5.11 Å². The van der Waals surface area contributed by atoms with Crippen LogP contribution in [0.2, 0.25) is 0 Å². The Labute approximate surface area is 194 Å². The summed E-state index contributed by atoms with van der Waals surface area (Å²) < 4.78 is 15.1. The highest BCUT2D eigenvalue weighted by Gasteiger charge is 2.50. The van der Waals surface area contributed by atoms with Gasteiger partial charge in [0, 0.05) is 17.8 Å². The van der Waals surface area contributed by atoms with Gasteiger partial charge in [0.1, 0.15) is 11.4 Å². The van der Waals surface area contributed by atoms with Crippen LogP contribution in [0, 0.1) is 24.1 Å². The second-order valence-corrected chi connectivity index (χ2v) is 9.41. The third-order valence-corrected chi connectivity index (χ3v) is 6.76. The predicted octanol–water partition coefficient (Wildman–Crippen LogP) is 4.91. The molecule has 0 N–H and O–H groups in total. The fourth-order valence-corrected chi connectivity index (χ4v) is 5.05. The molecule has 0 bridgehead atoms. The van der Waals surface area contributed by atoms with Gasteiger partial charge in [-0.25, -0.2) is 4.39 Å². The maximum atomic E-state index is 15.1. The summed E-state index contributed by atoms with van der Waals surface area (Å²) in [6.45, 7) is 7.99. The van der Waals surface area contributed by atoms with Crippen LogP contribution in [-0.4, -0.2) is 34.5 Å². The summed E-state index contributed by atoms with van der Waals surface area (Å²) in [6.07, 6.45) is 3.55. The number of amides is 1. The molecule has 2 saturated heterocycles. The van der Waals surface area contributed by atoms with Gasteiger partial charge in [-0.2, -0.15) is 5.26 Å². The number of thiocarbonyl (C=S) groups is 1. The molecule has 1 amide bonds. The largest absolute Gasteiger partial charge is 0.303 e. The Bertz CT molecular complexity index is 1120. The second kappa shape index (κ2) is 8.61. The van der Waals surface area contributed by atoms with Gasteiger partial charge < -0.3 is 4.90 Å². The first-order valence-corrected chi connectivity index (χ1v) is 11.3. The average molecular weight is 451 g/mol. The van der Waals surface area contributed by atoms with E-state index in [0.717, 1.165) is 31.5 Å². The van der Waals surface area contributed by atoms with Crippen LogP contribution in [0.1, 0.15) is 49.8 Å². The monoisotopic (exact) mass is 450 g/mol. The molecule has 2 heterocycles. The van der Waals surface area contributed by atoms with Gasteiger partial charge in [-0.3, -0.25) is 14.6 Å². The standard InChI is InChI=1S/C25H27FN4OS/c1-17-13-20(9-7-18(17)15-27)29-23(31)25(2,3)30(24(29)32)21-10-8-19(22(26)14-21)16-28-11-5-4-6-12-28/h7-10,13-14H,4-6,11-12,16H2,1-3H3. The minimum atomic E-state index is -0.973. The fraction of sp³-hybridized carbons (Fsp3) is 0.400. The Morgan fingerprint density at radius 3 is 2.41 bits per heavy atom. The number of likely N-dealkylation sites (tertiary alicyclic amines) is 1. The molecule has 0 aromatic heterocycles. The molecule has 32 heavy (non-hydrogen) atoms. The van der Waals surface area contributed by atoms with Gasteiger partial charge in [-0.15, -0.1) is 0 Å². The van der Waals surface area contributed by atoms with E-state index in [1.807, 2.05) is 13.0 Å². The average Bonchev–Trinajstić information content (AvgIpc) is 2.94. The molecule has 7 heteroatoms. The number of aryl methyl sites for hydroxylation is 1. The van der Waals surface area contributed by atoms with E-state index < -0.39 is 5.54 Å². The summed E-state index contributed by atoms with van der Waals surface area (Å²) in [7, 11) is 0. The van der Waals surface area contributed by atoms with Gasteiger partial charge >= 0.3 is 0 Å². The van der Waals surface area contributed by atoms with E-state index in [1.165, 1.54) is 17.4 Å². The van der Waals surface area contributed by atoms with Gasteiger partial charge in [0.05, 0.1) is 17.3 Å². The van der Waals surface area contributed by atoms with Crippen molar-refractivity contribution in [2.75, 3.05) is 22.9 Å². The lowest BCUT2D eigenvalue weighted by Crippen LogP contribution is -2.44. The Balaban J connectivity index is 1.64. The summed E-state index contributed by atoms with van der Waals surface area (Å²) in [5.74, 6) is -0.476. The van der Waals surface area contributed by atoms with Crippen molar-refractivity contribution < 1.29 is 9.18 Å². The summed E-state index contributed by atoms with van der Waals surface area (Å²) in [5.41, 5.74) is 2.17. The van der Waals surface area contributed by atoms with Crippen molar-refractivity contribution in [1.29, 1.82) is 5.26 Å². The Morgan fingerprint density at radius 2 is 1.78 bits per heavy atom. The number of carbonyl (C=O) groups excluding carboxylic acids is 1. The zero-order valence-electron chi connectivity index (χ0n) is 18.7. The topological polar surface area (TPSA) is 50.6 Å². The highest BCUT2D eigenvalue weighted by molar-refractivity contribution is 7.81. The van der Waals surface area contributed by atoms with Crippen LogP contribution in [0.5, 0.6) is 0 Å². The van der Waals surface area contributed by atoms with E-state index in [2.05, 4.69) is 11.0 Å². The van der Waals surface area contributed by atoms with Gasteiger partial charge in [0.25, 0.3) is 5.91 Å². The van der Waals surface area contributed by atoms with Crippen LogP contribution in [0.15, 0.2) is 36.4 Å². The highest BCUT2D eigenvalue weighted by Crippen LogP contribution is 2.37. The lowest BCUT2D eigenvalue weighted by molar-refractivity contribution is -0.120. The fourth-order valence-electron chi connectivity index (χ4n) is 4.53. The number of anilines is 2. The molecule has 2 aromatic rings. The number of hydrogen-bond acceptors (Lipinski definition) is 4. The quantitative estimate of drug-likeness (QED) is 0.620. The first-order valence-electron chi connectivity index (χ1n) is 10.9. The molecule has 166 valence electrons. The summed E-state index contributed by atoms with van der Waals surface area (Å²) in [4.78, 5) is 18.8. The molecule has 0 spiro atoms. The molecule has 4 rings (SSSR count). The molecular weight excluding hydrogens is 423 g/mol. The van der Waals surface area contributed by atoms with E-state index in [0.29, 0.717) is 34.2 Å². The first kappa shape index (κ1) is 22.4. The minimum Gasteiger partial charge on any atom is -0.303 e. The van der Waals surface area contributed by atoms with E-state index in [9.17, 15) is 10.1 Å². The van der Waals surface area contributed by atoms with Crippen LogP contribution in [0.25, 0.3) is 0 Å². The molecule has 0 saturated carbocycles. The third-order valence-electron chi connectivity index (χ3n) is 6.39. The number of piperidine rings is 1. The Hall–Kier alpha value is -2.82. The number of rotatable bonds is 4. The lowest BCUT2D eigenvalue weighted by Gasteiger charge is -2.30. The number of benzene rings is 2. The van der Waals surface area contributed by atoms with Crippen molar-refractivity contribution in [3.63, 3.8) is 0 Å². The zero-order valence-corrected chi connectivity index (χ0v) is 19.5. The van der Waals surface area contributed by atoms with Crippen LogP contribution in [0.4, 0.5) is 15.8 Å². The number of carbonyl (C=O) groups is 1. The van der Waals surface area contributed by atoms with Crippen LogP contribution in [-0.2, 0) is 11.3 Å². The zero-order chi connectivity index (χ0) is 23.0. The van der Waals surface area contributed by atoms with Crippen molar-refractivity contribution in [2.45, 2.75) is 52.1 Å². The van der Waals surface area contributed by atoms with Crippen molar-refractivity contribution in [1.82, 2.24) is 4.90 Å². The maximum Gasteiger partial charge on any atom is 0.259 e. The van der Waals surface area contributed by atoms with Crippen LogP contribution < -0.4 is 9.80 Å². The van der Waals surface area contributed by atoms with E-state index in [-0.39, 0.29) is 11.7 Å². The van der Waals surface area contributed by atoms with Crippen molar-refractivity contribution in [3.05, 3.63) is 58.9 Å². The molecular formula is C25H27FN4OS. The minimum absolute atomic E-state index is 0.190. The predicted molar refractivity (Wildman–Crippen MR) is 128 cm³/mol. The number of halogens is 1. The summed E-state index contributed by atoms with van der Waals surface area (Å²) in [6, 6.07) is 12.5. The molecule has 0 aliphatic carbocycles. The normalized spacial score (nSPS) is 18.8. The molecule has 0 unspecified atom stereocenters. The number of nitriles is 1. The molecule has 2 aliphatic rings. The smallest absolute Gasteiger partial charge is 0.259 e. The number of hydrogen-bond donors (Lipinski definition) is 0. The van der Waals surface area contributed by atoms with E-state index >= 15 is 4.39 Å². The van der Waals surface area contributed by atoms with Crippen molar-refractivity contribution >= 4 is 34.6 Å². The molecule has 2 aliphatic heterocycles. The van der Waals surface area contributed by atoms with Gasteiger partial charge in [-0.1, -0.05) is 12.5 Å². The van der Waals surface area contributed by atoms with Crippen molar-refractivity contribution in [2.24, 2.45) is 0 Å². The third kappa shape index (κ3) is 3.89. The molecule has 5 nitrogen and oxygen atoms in total. The van der Waals surface area contributed by atoms with Crippen LogP contribution >= 0.6 is 12.2 Å². The summed E-state index contributed by atoms with van der Waals surface area (Å²) >= 11 is 5.70. The molecule has 0 atom stereocenters. The second-order valence-electron chi connectivity index (χ2n) is 9.04. The molecule has 2 fully saturated rings. The first-order chi connectivity index (χ1) is 15.2. The Morgan fingerprint density at radius 1 is 1.09 bits per heavy atom. The molecule has 2 aromatic carbocycles. The highest BCUT2D eigenvalue weighted by atomic mass is 32.1. The Kier molecular flexibility index (Phi) is 6.02. The summed E-state index contributed by atoms with van der Waals surface area (Å²) in [5, 5.41) is 9.50. The van der Waals surface area contributed by atoms with Gasteiger partial charge in [0.2, 0.25) is 0 Å². The maximum absolute atomic E-state index is 15.1. The molecule has 0 radical (unpaired) electrons. The lowest BCUT2D eigenvalue weighted by atomic mass is 10.0. The van der Waals surface area contributed by atoms with Crippen molar-refractivity contribution in [3.8, 4) is 6.07 Å². The van der Waals surface area contributed by atoms with Crippen LogP contribution in [0.3, 0.4) is 0 Å². The number of nitrogens with zero attached hydrogens (tertiary/aromatic N) is 4. The van der Waals surface area contributed by atoms with Gasteiger partial charge in [-0.05, 0) is 94.8 Å². The SMILES string of the molecule is Cc1cc(N2C(=O)C(C)(C)N(c3ccc(CN4CCCCC4)c(F)c3)C2=S)ccc1C#N.